The quantitative estimate of drug-likeness (QED) is 0.847. The average Bonchev–Trinajstić information content (AvgIpc) is 2.65. The zero-order valence-electron chi connectivity index (χ0n) is 15.0. The molecule has 7 heteroatoms. The molecule has 2 aromatic rings. The van der Waals surface area contributed by atoms with E-state index in [1.807, 2.05) is 19.1 Å². The molecule has 3 N–H and O–H groups in total. The second kappa shape index (κ2) is 8.26. The molecule has 1 aliphatic rings. The minimum absolute atomic E-state index is 0.0381. The molecule has 0 aromatic heterocycles. The largest absolute Gasteiger partial charge is 0.366 e. The molecule has 0 atom stereocenters. The van der Waals surface area contributed by atoms with Crippen LogP contribution < -0.4 is 16.0 Å². The zero-order chi connectivity index (χ0) is 19.4. The number of rotatable bonds is 4. The minimum atomic E-state index is -0.616. The van der Waals surface area contributed by atoms with Crippen LogP contribution >= 0.6 is 11.8 Å². The molecular formula is C20H21N3O3S. The van der Waals surface area contributed by atoms with Crippen LogP contribution in [0.4, 0.5) is 16.2 Å². The number of nitrogens with zero attached hydrogens (tertiary/aromatic N) is 1. The second-order valence-electron chi connectivity index (χ2n) is 6.40. The van der Waals surface area contributed by atoms with Gasteiger partial charge in [0.25, 0.3) is 11.1 Å². The third-order valence-corrected chi connectivity index (χ3v) is 5.24. The van der Waals surface area contributed by atoms with Crippen molar-refractivity contribution in [1.29, 1.82) is 0 Å². The molecule has 0 bridgehead atoms. The Labute approximate surface area is 162 Å². The van der Waals surface area contributed by atoms with Crippen molar-refractivity contribution >= 4 is 40.2 Å². The molecule has 27 heavy (non-hydrogen) atoms. The SMILES string of the molecule is Cc1ccc2c(c1)CCCN2C(=O)SCC(=O)Nc1ccccc1C(N)=O. The number of amides is 3. The normalized spacial score (nSPS) is 13.0. The van der Waals surface area contributed by atoms with E-state index in [-0.39, 0.29) is 22.5 Å². The minimum Gasteiger partial charge on any atom is -0.366 e. The lowest BCUT2D eigenvalue weighted by Gasteiger charge is -2.29. The van der Waals surface area contributed by atoms with Crippen LogP contribution in [0.15, 0.2) is 42.5 Å². The lowest BCUT2D eigenvalue weighted by Crippen LogP contribution is -2.33. The van der Waals surface area contributed by atoms with Gasteiger partial charge < -0.3 is 16.0 Å². The molecule has 0 radical (unpaired) electrons. The third kappa shape index (κ3) is 4.49. The maximum absolute atomic E-state index is 12.6. The van der Waals surface area contributed by atoms with E-state index in [4.69, 9.17) is 5.73 Å². The summed E-state index contributed by atoms with van der Waals surface area (Å²) in [6.45, 7) is 2.68. The van der Waals surface area contributed by atoms with Crippen molar-refractivity contribution in [3.05, 3.63) is 59.2 Å². The molecule has 0 saturated carbocycles. The predicted molar refractivity (Wildman–Crippen MR) is 108 cm³/mol. The molecule has 0 spiro atoms. The van der Waals surface area contributed by atoms with Crippen molar-refractivity contribution in [2.75, 3.05) is 22.5 Å². The Balaban J connectivity index is 1.62. The molecule has 1 heterocycles. The van der Waals surface area contributed by atoms with Crippen LogP contribution in [0, 0.1) is 6.92 Å². The van der Waals surface area contributed by atoms with E-state index in [0.29, 0.717) is 12.2 Å². The molecular weight excluding hydrogens is 362 g/mol. The predicted octanol–water partition coefficient (Wildman–Crippen LogP) is 3.34. The first-order valence-electron chi connectivity index (χ1n) is 8.68. The van der Waals surface area contributed by atoms with Crippen LogP contribution in [0.25, 0.3) is 0 Å². The Morgan fingerprint density at radius 3 is 2.74 bits per heavy atom. The number of benzene rings is 2. The molecule has 3 rings (SSSR count). The Morgan fingerprint density at radius 1 is 1.19 bits per heavy atom. The summed E-state index contributed by atoms with van der Waals surface area (Å²) in [5.74, 6) is -1.01. The number of primary amides is 1. The molecule has 3 amide bonds. The lowest BCUT2D eigenvalue weighted by molar-refractivity contribution is -0.113. The van der Waals surface area contributed by atoms with Gasteiger partial charge in [0.1, 0.15) is 0 Å². The van der Waals surface area contributed by atoms with Gasteiger partial charge in [-0.3, -0.25) is 14.4 Å². The summed E-state index contributed by atoms with van der Waals surface area (Å²) in [6, 6.07) is 12.6. The molecule has 1 aliphatic heterocycles. The summed E-state index contributed by atoms with van der Waals surface area (Å²) < 4.78 is 0. The van der Waals surface area contributed by atoms with E-state index < -0.39 is 5.91 Å². The zero-order valence-corrected chi connectivity index (χ0v) is 15.8. The Hall–Kier alpha value is -2.80. The highest BCUT2D eigenvalue weighted by molar-refractivity contribution is 8.14. The average molecular weight is 383 g/mol. The molecule has 2 aromatic carbocycles. The fraction of sp³-hybridized carbons (Fsp3) is 0.250. The number of anilines is 2. The highest BCUT2D eigenvalue weighted by Gasteiger charge is 2.23. The highest BCUT2D eigenvalue weighted by Crippen LogP contribution is 2.30. The number of carbonyl (C=O) groups excluding carboxylic acids is 3. The molecule has 0 saturated heterocycles. The topological polar surface area (TPSA) is 92.5 Å². The second-order valence-corrected chi connectivity index (χ2v) is 7.33. The van der Waals surface area contributed by atoms with Crippen LogP contribution in [-0.4, -0.2) is 29.4 Å². The van der Waals surface area contributed by atoms with Gasteiger partial charge in [-0.25, -0.2) is 0 Å². The van der Waals surface area contributed by atoms with Gasteiger partial charge >= 0.3 is 0 Å². The number of nitrogens with two attached hydrogens (primary N) is 1. The molecule has 6 nitrogen and oxygen atoms in total. The van der Waals surface area contributed by atoms with Gasteiger partial charge in [0.15, 0.2) is 0 Å². The van der Waals surface area contributed by atoms with Crippen molar-refractivity contribution in [3.63, 3.8) is 0 Å². The number of para-hydroxylation sites is 1. The van der Waals surface area contributed by atoms with Gasteiger partial charge in [-0.2, -0.15) is 0 Å². The van der Waals surface area contributed by atoms with Crippen molar-refractivity contribution in [3.8, 4) is 0 Å². The Kier molecular flexibility index (Phi) is 5.81. The van der Waals surface area contributed by atoms with Crippen LogP contribution in [0.3, 0.4) is 0 Å². The van der Waals surface area contributed by atoms with E-state index >= 15 is 0 Å². The Bertz CT molecular complexity index is 898. The van der Waals surface area contributed by atoms with Crippen LogP contribution in [0.2, 0.25) is 0 Å². The van der Waals surface area contributed by atoms with Crippen molar-refractivity contribution in [2.45, 2.75) is 19.8 Å². The van der Waals surface area contributed by atoms with Crippen LogP contribution in [-0.2, 0) is 11.2 Å². The van der Waals surface area contributed by atoms with Crippen molar-refractivity contribution < 1.29 is 14.4 Å². The first-order chi connectivity index (χ1) is 13.0. The maximum atomic E-state index is 12.6. The monoisotopic (exact) mass is 383 g/mol. The van der Waals surface area contributed by atoms with Gasteiger partial charge in [-0.1, -0.05) is 41.6 Å². The van der Waals surface area contributed by atoms with Gasteiger partial charge in [-0.05, 0) is 43.5 Å². The molecule has 140 valence electrons. The van der Waals surface area contributed by atoms with Crippen molar-refractivity contribution in [2.24, 2.45) is 5.73 Å². The summed E-state index contributed by atoms with van der Waals surface area (Å²) in [4.78, 5) is 38.0. The van der Waals surface area contributed by atoms with Crippen LogP contribution in [0.1, 0.15) is 27.9 Å². The fourth-order valence-corrected chi connectivity index (χ4v) is 3.79. The van der Waals surface area contributed by atoms with E-state index in [2.05, 4.69) is 11.4 Å². The van der Waals surface area contributed by atoms with Gasteiger partial charge in [0.2, 0.25) is 5.91 Å². The number of hydrogen-bond acceptors (Lipinski definition) is 4. The highest BCUT2D eigenvalue weighted by atomic mass is 32.2. The molecule has 0 unspecified atom stereocenters. The number of fused-ring (bicyclic) bond motifs is 1. The number of thioether (sulfide) groups is 1. The molecule has 0 aliphatic carbocycles. The van der Waals surface area contributed by atoms with E-state index in [1.165, 1.54) is 5.56 Å². The fourth-order valence-electron chi connectivity index (χ4n) is 3.11. The van der Waals surface area contributed by atoms with Crippen LogP contribution in [0.5, 0.6) is 0 Å². The number of aryl methyl sites for hydroxylation is 2. The van der Waals surface area contributed by atoms with Gasteiger partial charge in [0.05, 0.1) is 17.0 Å². The number of carbonyl (C=O) groups is 3. The van der Waals surface area contributed by atoms with Crippen molar-refractivity contribution in [1.82, 2.24) is 0 Å². The van der Waals surface area contributed by atoms with Gasteiger partial charge in [0, 0.05) is 12.2 Å². The first-order valence-corrected chi connectivity index (χ1v) is 9.67. The molecule has 0 fully saturated rings. The number of nitrogens with one attached hydrogen (secondary N) is 1. The number of hydrogen-bond donors (Lipinski definition) is 2. The summed E-state index contributed by atoms with van der Waals surface area (Å²) in [5, 5.41) is 2.49. The van der Waals surface area contributed by atoms with E-state index in [0.717, 1.165) is 35.9 Å². The maximum Gasteiger partial charge on any atom is 0.286 e. The first kappa shape index (κ1) is 19.0. The third-order valence-electron chi connectivity index (χ3n) is 4.37. The lowest BCUT2D eigenvalue weighted by atomic mass is 10.0. The van der Waals surface area contributed by atoms with E-state index in [9.17, 15) is 14.4 Å². The summed E-state index contributed by atoms with van der Waals surface area (Å²) in [7, 11) is 0. The summed E-state index contributed by atoms with van der Waals surface area (Å²) in [6.07, 6.45) is 1.86. The Morgan fingerprint density at radius 2 is 1.96 bits per heavy atom. The summed E-state index contributed by atoms with van der Waals surface area (Å²) in [5.41, 5.74) is 9.15. The van der Waals surface area contributed by atoms with E-state index in [1.54, 1.807) is 29.2 Å². The standard InChI is InChI=1S/C20H21N3O3S/c1-13-8-9-17-14(11-13)5-4-10-23(17)20(26)27-12-18(24)22-16-7-3-2-6-15(16)19(21)25/h2-3,6-9,11H,4-5,10,12H2,1H3,(H2,21,25)(H,22,24). The smallest absolute Gasteiger partial charge is 0.286 e. The van der Waals surface area contributed by atoms with Gasteiger partial charge in [-0.15, -0.1) is 0 Å². The summed E-state index contributed by atoms with van der Waals surface area (Å²) >= 11 is 0.951.